The van der Waals surface area contributed by atoms with Crippen LogP contribution in [0.1, 0.15) is 19.4 Å². The Morgan fingerprint density at radius 3 is 2.50 bits per heavy atom. The van der Waals surface area contributed by atoms with Crippen molar-refractivity contribution in [1.29, 1.82) is 0 Å². The van der Waals surface area contributed by atoms with Gasteiger partial charge in [-0.1, -0.05) is 17.7 Å². The molecule has 1 aromatic carbocycles. The van der Waals surface area contributed by atoms with E-state index in [0.717, 1.165) is 18.8 Å². The van der Waals surface area contributed by atoms with Gasteiger partial charge in [0.25, 0.3) is 0 Å². The topological polar surface area (TPSA) is 44.7 Å². The van der Waals surface area contributed by atoms with E-state index in [-0.39, 0.29) is 0 Å². The van der Waals surface area contributed by atoms with E-state index in [4.69, 9.17) is 4.74 Å². The zero-order valence-electron chi connectivity index (χ0n) is 13.1. The largest absolute Gasteiger partial charge is 0.491 e. The summed E-state index contributed by atoms with van der Waals surface area (Å²) in [5.41, 5.74) is 1.20. The van der Waals surface area contributed by atoms with Gasteiger partial charge in [0.05, 0.1) is 0 Å². The van der Waals surface area contributed by atoms with Gasteiger partial charge in [0.2, 0.25) is 0 Å². The van der Waals surface area contributed by atoms with E-state index in [1.807, 2.05) is 31.2 Å². The summed E-state index contributed by atoms with van der Waals surface area (Å²) < 4.78 is 5.54. The van der Waals surface area contributed by atoms with Crippen LogP contribution in [0.4, 0.5) is 0 Å². The molecule has 0 saturated carbocycles. The van der Waals surface area contributed by atoms with Gasteiger partial charge in [-0.3, -0.25) is 0 Å². The number of aryl methyl sites for hydroxylation is 1. The molecular formula is C16H28N2O2. The van der Waals surface area contributed by atoms with Crippen LogP contribution in [0, 0.1) is 6.92 Å². The summed E-state index contributed by atoms with van der Waals surface area (Å²) in [6.45, 7) is 9.10. The van der Waals surface area contributed by atoms with Gasteiger partial charge < -0.3 is 20.1 Å². The molecule has 1 unspecified atom stereocenters. The highest BCUT2D eigenvalue weighted by atomic mass is 16.5. The molecule has 0 aliphatic heterocycles. The van der Waals surface area contributed by atoms with Crippen LogP contribution in [0.3, 0.4) is 0 Å². The molecule has 0 aliphatic rings. The second-order valence-electron chi connectivity index (χ2n) is 5.56. The third kappa shape index (κ3) is 6.89. The second kappa shape index (κ2) is 8.95. The molecule has 0 saturated heterocycles. The van der Waals surface area contributed by atoms with Crippen molar-refractivity contribution in [3.05, 3.63) is 29.8 Å². The van der Waals surface area contributed by atoms with Crippen molar-refractivity contribution in [2.24, 2.45) is 0 Å². The van der Waals surface area contributed by atoms with Crippen molar-refractivity contribution in [2.45, 2.75) is 32.9 Å². The minimum atomic E-state index is -0.486. The molecule has 0 spiro atoms. The number of hydrogen-bond donors (Lipinski definition) is 2. The van der Waals surface area contributed by atoms with Gasteiger partial charge in [0.1, 0.15) is 18.5 Å². The van der Waals surface area contributed by atoms with E-state index in [0.29, 0.717) is 19.2 Å². The van der Waals surface area contributed by atoms with Crippen molar-refractivity contribution in [3.8, 4) is 5.75 Å². The lowest BCUT2D eigenvalue weighted by molar-refractivity contribution is 0.105. The molecule has 2 N–H and O–H groups in total. The Balaban J connectivity index is 2.11. The quantitative estimate of drug-likeness (QED) is 0.675. The number of nitrogens with zero attached hydrogens (tertiary/aromatic N) is 1. The second-order valence-corrected chi connectivity index (χ2v) is 5.56. The molecular weight excluding hydrogens is 252 g/mol. The standard InChI is InChI=1S/C16H28N2O2/c1-13(2)18(4)10-9-17-11-15(19)12-20-16-7-5-14(3)6-8-16/h5-8,13,15,17,19H,9-12H2,1-4H3. The van der Waals surface area contributed by atoms with Crippen molar-refractivity contribution in [2.75, 3.05) is 33.3 Å². The third-order valence-corrected chi connectivity index (χ3v) is 3.37. The highest BCUT2D eigenvalue weighted by Gasteiger charge is 2.06. The first kappa shape index (κ1) is 17.0. The molecule has 0 heterocycles. The average molecular weight is 280 g/mol. The SMILES string of the molecule is Cc1ccc(OCC(O)CNCCN(C)C(C)C)cc1. The van der Waals surface area contributed by atoms with Gasteiger partial charge in [-0.25, -0.2) is 0 Å². The summed E-state index contributed by atoms with van der Waals surface area (Å²) in [4.78, 5) is 2.27. The first-order valence-electron chi connectivity index (χ1n) is 7.27. The molecule has 0 radical (unpaired) electrons. The number of benzene rings is 1. The molecule has 114 valence electrons. The van der Waals surface area contributed by atoms with Gasteiger partial charge in [0.15, 0.2) is 0 Å². The van der Waals surface area contributed by atoms with Gasteiger partial charge in [-0.05, 0) is 40.0 Å². The van der Waals surface area contributed by atoms with Crippen LogP contribution in [0.2, 0.25) is 0 Å². The summed E-state index contributed by atoms with van der Waals surface area (Å²) in [5.74, 6) is 0.800. The number of hydrogen-bond acceptors (Lipinski definition) is 4. The van der Waals surface area contributed by atoms with E-state index in [1.54, 1.807) is 0 Å². The van der Waals surface area contributed by atoms with Crippen molar-refractivity contribution >= 4 is 0 Å². The maximum Gasteiger partial charge on any atom is 0.119 e. The maximum atomic E-state index is 9.84. The molecule has 0 bridgehead atoms. The van der Waals surface area contributed by atoms with Crippen LogP contribution in [-0.2, 0) is 0 Å². The molecule has 1 rings (SSSR count). The zero-order chi connectivity index (χ0) is 15.0. The zero-order valence-corrected chi connectivity index (χ0v) is 13.1. The Morgan fingerprint density at radius 1 is 1.25 bits per heavy atom. The van der Waals surface area contributed by atoms with E-state index in [2.05, 4.69) is 31.1 Å². The van der Waals surface area contributed by atoms with E-state index in [9.17, 15) is 5.11 Å². The Bertz CT molecular complexity index is 365. The molecule has 4 nitrogen and oxygen atoms in total. The monoisotopic (exact) mass is 280 g/mol. The van der Waals surface area contributed by atoms with Crippen LogP contribution < -0.4 is 10.1 Å². The summed E-state index contributed by atoms with van der Waals surface area (Å²) in [6, 6.07) is 8.40. The van der Waals surface area contributed by atoms with Crippen molar-refractivity contribution < 1.29 is 9.84 Å². The van der Waals surface area contributed by atoms with Crippen molar-refractivity contribution in [1.82, 2.24) is 10.2 Å². The Labute approximate surface area is 122 Å². The van der Waals surface area contributed by atoms with Crippen LogP contribution in [0.25, 0.3) is 0 Å². The summed E-state index contributed by atoms with van der Waals surface area (Å²) in [6.07, 6.45) is -0.486. The Hall–Kier alpha value is -1.10. The molecule has 20 heavy (non-hydrogen) atoms. The van der Waals surface area contributed by atoms with E-state index < -0.39 is 6.10 Å². The molecule has 4 heteroatoms. The molecule has 0 aromatic heterocycles. The lowest BCUT2D eigenvalue weighted by Crippen LogP contribution is -2.37. The molecule has 0 fully saturated rings. The lowest BCUT2D eigenvalue weighted by atomic mass is 10.2. The minimum absolute atomic E-state index is 0.316. The van der Waals surface area contributed by atoms with Gasteiger partial charge in [-0.15, -0.1) is 0 Å². The van der Waals surface area contributed by atoms with Crippen LogP contribution in [0.15, 0.2) is 24.3 Å². The average Bonchev–Trinajstić information content (AvgIpc) is 2.42. The summed E-state index contributed by atoms with van der Waals surface area (Å²) in [5, 5.41) is 13.1. The fourth-order valence-electron chi connectivity index (χ4n) is 1.67. The number of aliphatic hydroxyl groups is 1. The summed E-state index contributed by atoms with van der Waals surface area (Å²) >= 11 is 0. The summed E-state index contributed by atoms with van der Waals surface area (Å²) in [7, 11) is 2.10. The number of ether oxygens (including phenoxy) is 1. The van der Waals surface area contributed by atoms with Crippen LogP contribution in [-0.4, -0.2) is 55.4 Å². The molecule has 0 amide bonds. The van der Waals surface area contributed by atoms with Crippen LogP contribution in [0.5, 0.6) is 5.75 Å². The molecule has 0 aliphatic carbocycles. The maximum absolute atomic E-state index is 9.84. The van der Waals surface area contributed by atoms with E-state index in [1.165, 1.54) is 5.56 Å². The number of nitrogens with one attached hydrogen (secondary N) is 1. The normalized spacial score (nSPS) is 12.9. The highest BCUT2D eigenvalue weighted by molar-refractivity contribution is 5.26. The number of rotatable bonds is 9. The predicted octanol–water partition coefficient (Wildman–Crippen LogP) is 1.66. The Morgan fingerprint density at radius 2 is 1.90 bits per heavy atom. The third-order valence-electron chi connectivity index (χ3n) is 3.37. The first-order chi connectivity index (χ1) is 9.49. The van der Waals surface area contributed by atoms with Crippen LogP contribution >= 0.6 is 0 Å². The van der Waals surface area contributed by atoms with Gasteiger partial charge >= 0.3 is 0 Å². The number of likely N-dealkylation sites (N-methyl/N-ethyl adjacent to an activating group) is 1. The highest BCUT2D eigenvalue weighted by Crippen LogP contribution is 2.11. The lowest BCUT2D eigenvalue weighted by Gasteiger charge is -2.21. The minimum Gasteiger partial charge on any atom is -0.491 e. The Kier molecular flexibility index (Phi) is 7.59. The predicted molar refractivity (Wildman–Crippen MR) is 83.3 cm³/mol. The van der Waals surface area contributed by atoms with Gasteiger partial charge in [-0.2, -0.15) is 0 Å². The van der Waals surface area contributed by atoms with E-state index >= 15 is 0 Å². The fraction of sp³-hybridized carbons (Fsp3) is 0.625. The van der Waals surface area contributed by atoms with Gasteiger partial charge in [0, 0.05) is 25.7 Å². The fourth-order valence-corrected chi connectivity index (χ4v) is 1.67. The number of aliphatic hydroxyl groups excluding tert-OH is 1. The first-order valence-corrected chi connectivity index (χ1v) is 7.27. The molecule has 1 aromatic rings. The smallest absolute Gasteiger partial charge is 0.119 e. The molecule has 1 atom stereocenters. The van der Waals surface area contributed by atoms with Crippen molar-refractivity contribution in [3.63, 3.8) is 0 Å².